The highest BCUT2D eigenvalue weighted by atomic mass is 32.2. The zero-order valence-electron chi connectivity index (χ0n) is 11.0. The molecule has 0 saturated carbocycles. The fraction of sp³-hybridized carbons (Fsp3) is 0.133. The summed E-state index contributed by atoms with van der Waals surface area (Å²) in [5.74, 6) is -0.214. The Morgan fingerprint density at radius 2 is 1.95 bits per heavy atom. The summed E-state index contributed by atoms with van der Waals surface area (Å²) in [5.41, 5.74) is 7.05. The van der Waals surface area contributed by atoms with E-state index in [-0.39, 0.29) is 17.5 Å². The Kier molecular flexibility index (Phi) is 4.63. The molecule has 0 aliphatic heterocycles. The molecule has 0 atom stereocenters. The van der Waals surface area contributed by atoms with Crippen LogP contribution in [0.3, 0.4) is 0 Å². The molecule has 3 nitrogen and oxygen atoms in total. The van der Waals surface area contributed by atoms with E-state index in [9.17, 15) is 9.18 Å². The van der Waals surface area contributed by atoms with E-state index in [1.807, 2.05) is 30.3 Å². The van der Waals surface area contributed by atoms with Crippen molar-refractivity contribution in [1.82, 2.24) is 0 Å². The van der Waals surface area contributed by atoms with Crippen LogP contribution in [0.25, 0.3) is 0 Å². The Morgan fingerprint density at radius 3 is 2.65 bits per heavy atom. The van der Waals surface area contributed by atoms with Crippen molar-refractivity contribution in [3.8, 4) is 0 Å². The van der Waals surface area contributed by atoms with E-state index in [1.165, 1.54) is 30.0 Å². The van der Waals surface area contributed by atoms with Gasteiger partial charge in [0.2, 0.25) is 5.91 Å². The van der Waals surface area contributed by atoms with E-state index in [2.05, 4.69) is 0 Å². The first-order valence-electron chi connectivity index (χ1n) is 6.07. The molecule has 0 aromatic heterocycles. The molecule has 0 unspecified atom stereocenters. The molecule has 0 saturated heterocycles. The lowest BCUT2D eigenvalue weighted by molar-refractivity contribution is -0.115. The van der Waals surface area contributed by atoms with Crippen molar-refractivity contribution >= 4 is 29.0 Å². The van der Waals surface area contributed by atoms with Gasteiger partial charge < -0.3 is 10.6 Å². The zero-order chi connectivity index (χ0) is 14.5. The van der Waals surface area contributed by atoms with Gasteiger partial charge in [-0.2, -0.15) is 0 Å². The quantitative estimate of drug-likeness (QED) is 0.695. The molecule has 0 heterocycles. The van der Waals surface area contributed by atoms with E-state index in [0.717, 1.165) is 5.69 Å². The highest BCUT2D eigenvalue weighted by Gasteiger charge is 2.12. The van der Waals surface area contributed by atoms with Crippen LogP contribution in [0.15, 0.2) is 53.4 Å². The van der Waals surface area contributed by atoms with Gasteiger partial charge in [-0.1, -0.05) is 18.2 Å². The SMILES string of the molecule is CN(C(=O)CSc1cc(F)ccc1N)c1ccccc1. The van der Waals surface area contributed by atoms with Crippen LogP contribution in [0.1, 0.15) is 0 Å². The molecule has 2 N–H and O–H groups in total. The first-order chi connectivity index (χ1) is 9.58. The normalized spacial score (nSPS) is 10.3. The minimum absolute atomic E-state index is 0.0649. The van der Waals surface area contributed by atoms with Gasteiger partial charge in [-0.15, -0.1) is 11.8 Å². The van der Waals surface area contributed by atoms with E-state index < -0.39 is 0 Å². The maximum Gasteiger partial charge on any atom is 0.237 e. The highest BCUT2D eigenvalue weighted by molar-refractivity contribution is 8.00. The second kappa shape index (κ2) is 6.43. The molecular formula is C15H15FN2OS. The molecular weight excluding hydrogens is 275 g/mol. The van der Waals surface area contributed by atoms with Crippen LogP contribution in [0.2, 0.25) is 0 Å². The predicted octanol–water partition coefficient (Wildman–Crippen LogP) is 3.16. The smallest absolute Gasteiger partial charge is 0.237 e. The minimum Gasteiger partial charge on any atom is -0.398 e. The summed E-state index contributed by atoms with van der Waals surface area (Å²) < 4.78 is 13.1. The number of nitrogens with two attached hydrogens (primary N) is 1. The maximum absolute atomic E-state index is 13.1. The molecule has 0 aliphatic carbocycles. The van der Waals surface area contributed by atoms with Gasteiger partial charge in [0.05, 0.1) is 5.75 Å². The number of thioether (sulfide) groups is 1. The standard InChI is InChI=1S/C15H15FN2OS/c1-18(12-5-3-2-4-6-12)15(19)10-20-14-9-11(16)7-8-13(14)17/h2-9H,10,17H2,1H3. The molecule has 2 rings (SSSR count). The number of amides is 1. The van der Waals surface area contributed by atoms with Gasteiger partial charge in [-0.05, 0) is 30.3 Å². The number of para-hydroxylation sites is 1. The van der Waals surface area contributed by atoms with Gasteiger partial charge in [0, 0.05) is 23.3 Å². The molecule has 0 spiro atoms. The van der Waals surface area contributed by atoms with Gasteiger partial charge in [0.15, 0.2) is 0 Å². The largest absolute Gasteiger partial charge is 0.398 e. The fourth-order valence-electron chi connectivity index (χ4n) is 1.67. The minimum atomic E-state index is -0.356. The topological polar surface area (TPSA) is 46.3 Å². The van der Waals surface area contributed by atoms with Gasteiger partial charge in [-0.25, -0.2) is 4.39 Å². The third-order valence-corrected chi connectivity index (χ3v) is 3.90. The van der Waals surface area contributed by atoms with E-state index in [0.29, 0.717) is 10.6 Å². The Balaban J connectivity index is 2.00. The Labute approximate surface area is 121 Å². The molecule has 1 amide bonds. The number of halogens is 1. The van der Waals surface area contributed by atoms with Gasteiger partial charge in [-0.3, -0.25) is 4.79 Å². The summed E-state index contributed by atoms with van der Waals surface area (Å²) >= 11 is 1.24. The summed E-state index contributed by atoms with van der Waals surface area (Å²) in [6.07, 6.45) is 0. The van der Waals surface area contributed by atoms with Crippen molar-refractivity contribution in [2.24, 2.45) is 0 Å². The third kappa shape index (κ3) is 3.51. The number of carbonyl (C=O) groups excluding carboxylic acids is 1. The van der Waals surface area contributed by atoms with Gasteiger partial charge in [0.1, 0.15) is 5.82 Å². The van der Waals surface area contributed by atoms with E-state index in [1.54, 1.807) is 11.9 Å². The zero-order valence-corrected chi connectivity index (χ0v) is 11.9. The first-order valence-corrected chi connectivity index (χ1v) is 7.06. The monoisotopic (exact) mass is 290 g/mol. The van der Waals surface area contributed by atoms with Crippen molar-refractivity contribution in [1.29, 1.82) is 0 Å². The van der Waals surface area contributed by atoms with E-state index >= 15 is 0 Å². The van der Waals surface area contributed by atoms with Crippen molar-refractivity contribution in [3.05, 3.63) is 54.3 Å². The molecule has 2 aromatic rings. The fourth-order valence-corrected chi connectivity index (χ4v) is 2.57. The van der Waals surface area contributed by atoms with Crippen molar-refractivity contribution < 1.29 is 9.18 Å². The number of nitrogens with zero attached hydrogens (tertiary/aromatic N) is 1. The van der Waals surface area contributed by atoms with Crippen LogP contribution in [0.5, 0.6) is 0 Å². The number of carbonyl (C=O) groups is 1. The number of nitrogen functional groups attached to an aromatic ring is 1. The number of hydrogen-bond donors (Lipinski definition) is 1. The number of benzene rings is 2. The lowest BCUT2D eigenvalue weighted by Crippen LogP contribution is -2.27. The Morgan fingerprint density at radius 1 is 1.25 bits per heavy atom. The average molecular weight is 290 g/mol. The third-order valence-electron chi connectivity index (χ3n) is 2.84. The summed E-state index contributed by atoms with van der Waals surface area (Å²) in [7, 11) is 1.72. The highest BCUT2D eigenvalue weighted by Crippen LogP contribution is 2.26. The Hall–Kier alpha value is -2.01. The summed E-state index contributed by atoms with van der Waals surface area (Å²) in [4.78, 5) is 14.2. The van der Waals surface area contributed by atoms with Crippen molar-refractivity contribution in [2.75, 3.05) is 23.4 Å². The van der Waals surface area contributed by atoms with Gasteiger partial charge >= 0.3 is 0 Å². The van der Waals surface area contributed by atoms with Crippen LogP contribution in [0, 0.1) is 5.82 Å². The maximum atomic E-state index is 13.1. The van der Waals surface area contributed by atoms with Crippen LogP contribution in [0.4, 0.5) is 15.8 Å². The summed E-state index contributed by atoms with van der Waals surface area (Å²) in [6.45, 7) is 0. The summed E-state index contributed by atoms with van der Waals surface area (Å²) in [6, 6.07) is 13.5. The van der Waals surface area contributed by atoms with Crippen LogP contribution >= 0.6 is 11.8 Å². The van der Waals surface area contributed by atoms with E-state index in [4.69, 9.17) is 5.73 Å². The van der Waals surface area contributed by atoms with Crippen LogP contribution in [-0.4, -0.2) is 18.7 Å². The lowest BCUT2D eigenvalue weighted by Gasteiger charge is -2.17. The molecule has 0 radical (unpaired) electrons. The predicted molar refractivity (Wildman–Crippen MR) is 81.4 cm³/mol. The molecule has 0 aliphatic rings. The summed E-state index contributed by atoms with van der Waals surface area (Å²) in [5, 5.41) is 0. The van der Waals surface area contributed by atoms with Crippen LogP contribution in [-0.2, 0) is 4.79 Å². The van der Waals surface area contributed by atoms with Crippen LogP contribution < -0.4 is 10.6 Å². The second-order valence-electron chi connectivity index (χ2n) is 4.26. The molecule has 2 aromatic carbocycles. The second-order valence-corrected chi connectivity index (χ2v) is 5.28. The number of hydrogen-bond acceptors (Lipinski definition) is 3. The number of anilines is 2. The van der Waals surface area contributed by atoms with Crippen molar-refractivity contribution in [2.45, 2.75) is 4.90 Å². The van der Waals surface area contributed by atoms with Crippen molar-refractivity contribution in [3.63, 3.8) is 0 Å². The average Bonchev–Trinajstić information content (AvgIpc) is 2.48. The number of rotatable bonds is 4. The lowest BCUT2D eigenvalue weighted by atomic mass is 10.3. The molecule has 20 heavy (non-hydrogen) atoms. The molecule has 0 fully saturated rings. The van der Waals surface area contributed by atoms with Gasteiger partial charge in [0.25, 0.3) is 0 Å². The molecule has 5 heteroatoms. The first kappa shape index (κ1) is 14.4. The Bertz CT molecular complexity index is 604. The molecule has 104 valence electrons. The molecule has 0 bridgehead atoms.